The van der Waals surface area contributed by atoms with Crippen LogP contribution in [-0.4, -0.2) is 5.91 Å². The van der Waals surface area contributed by atoms with Crippen molar-refractivity contribution in [3.63, 3.8) is 0 Å². The number of carbonyl (C=O) groups excluding carboxylic acids is 1. The summed E-state index contributed by atoms with van der Waals surface area (Å²) in [5.41, 5.74) is 1.11. The predicted molar refractivity (Wildman–Crippen MR) is 49.3 cm³/mol. The Bertz CT molecular complexity index is 358. The van der Waals surface area contributed by atoms with Crippen molar-refractivity contribution in [3.8, 4) is 0 Å². The maximum atomic E-state index is 10.8. The number of hydrogen-bond donors (Lipinski definition) is 1. The van der Waals surface area contributed by atoms with Crippen molar-refractivity contribution in [1.29, 1.82) is 0 Å². The maximum Gasteiger partial charge on any atom is 0.316 e. The second-order valence-corrected chi connectivity index (χ2v) is 2.51. The summed E-state index contributed by atoms with van der Waals surface area (Å²) in [6.07, 6.45) is 0. The van der Waals surface area contributed by atoms with Crippen LogP contribution in [0.2, 0.25) is 0 Å². The zero-order chi connectivity index (χ0) is 10.4. The predicted octanol–water partition coefficient (Wildman–Crippen LogP) is 1.42. The van der Waals surface area contributed by atoms with Crippen molar-refractivity contribution < 1.29 is 4.79 Å². The number of carbonyl (C=O) groups is 1. The van der Waals surface area contributed by atoms with Crippen molar-refractivity contribution in [3.05, 3.63) is 40.3 Å². The minimum absolute atomic E-state index is 0.258. The molecule has 0 saturated heterocycles. The van der Waals surface area contributed by atoms with Gasteiger partial charge in [0.1, 0.15) is 0 Å². The standard InChI is InChI=1S/C8H8N4O2/c9-12-10-5-6-1-3-7(4-2-6)8(13)11-14/h1-4H,5H2,(H2,9,10). The van der Waals surface area contributed by atoms with Crippen LogP contribution in [0.25, 0.3) is 0 Å². The molecule has 6 heteroatoms. The molecule has 6 nitrogen and oxygen atoms in total. The third-order valence-corrected chi connectivity index (χ3v) is 1.62. The van der Waals surface area contributed by atoms with Gasteiger partial charge in [-0.3, -0.25) is 4.79 Å². The molecule has 0 bridgehead atoms. The molecule has 2 N–H and O–H groups in total. The minimum atomic E-state index is -0.781. The zero-order valence-corrected chi connectivity index (χ0v) is 7.25. The second-order valence-electron chi connectivity index (χ2n) is 2.51. The van der Waals surface area contributed by atoms with Crippen LogP contribution >= 0.6 is 0 Å². The Kier molecular flexibility index (Phi) is 3.42. The molecule has 1 aromatic rings. The van der Waals surface area contributed by atoms with E-state index in [9.17, 15) is 9.70 Å². The quantitative estimate of drug-likeness (QED) is 0.339. The van der Waals surface area contributed by atoms with E-state index in [0.29, 0.717) is 6.54 Å². The molecule has 1 aromatic carbocycles. The number of hydrogen-bond acceptors (Lipinski definition) is 4. The summed E-state index contributed by atoms with van der Waals surface area (Å²) in [5.74, 6) is 4.04. The van der Waals surface area contributed by atoms with Crippen molar-refractivity contribution in [2.45, 2.75) is 6.54 Å². The average molecular weight is 192 g/mol. The molecule has 0 radical (unpaired) electrons. The fourth-order valence-electron chi connectivity index (χ4n) is 0.928. The molecule has 14 heavy (non-hydrogen) atoms. The SMILES string of the molecule is NN=NCc1ccc(C(=O)N=O)cc1. The Morgan fingerprint density at radius 3 is 2.43 bits per heavy atom. The van der Waals surface area contributed by atoms with E-state index in [1.165, 1.54) is 12.1 Å². The highest BCUT2D eigenvalue weighted by molar-refractivity contribution is 5.94. The molecule has 0 saturated carbocycles. The lowest BCUT2D eigenvalue weighted by atomic mass is 10.1. The first kappa shape index (κ1) is 9.97. The van der Waals surface area contributed by atoms with Crippen molar-refractivity contribution in [1.82, 2.24) is 0 Å². The molecule has 0 aliphatic rings. The van der Waals surface area contributed by atoms with Gasteiger partial charge in [-0.05, 0) is 17.7 Å². The largest absolute Gasteiger partial charge is 0.316 e. The average Bonchev–Trinajstić information content (AvgIpc) is 2.26. The lowest BCUT2D eigenvalue weighted by molar-refractivity contribution is 0.100. The van der Waals surface area contributed by atoms with Crippen molar-refractivity contribution in [2.24, 2.45) is 21.4 Å². The van der Waals surface area contributed by atoms with Crippen LogP contribution in [0.3, 0.4) is 0 Å². The van der Waals surface area contributed by atoms with Crippen LogP contribution in [0.4, 0.5) is 0 Å². The molecule has 0 aliphatic carbocycles. The molecular formula is C8H8N4O2. The van der Waals surface area contributed by atoms with E-state index < -0.39 is 5.91 Å². The Morgan fingerprint density at radius 2 is 1.93 bits per heavy atom. The van der Waals surface area contributed by atoms with Crippen LogP contribution in [-0.2, 0) is 6.54 Å². The number of amides is 1. The molecule has 72 valence electrons. The second kappa shape index (κ2) is 4.80. The lowest BCUT2D eigenvalue weighted by Crippen LogP contribution is -1.93. The van der Waals surface area contributed by atoms with E-state index >= 15 is 0 Å². The Balaban J connectivity index is 2.78. The molecule has 0 fully saturated rings. The summed E-state index contributed by atoms with van der Waals surface area (Å²) >= 11 is 0. The maximum absolute atomic E-state index is 10.8. The van der Waals surface area contributed by atoms with E-state index in [-0.39, 0.29) is 5.56 Å². The monoisotopic (exact) mass is 192 g/mol. The molecule has 0 aliphatic heterocycles. The van der Waals surface area contributed by atoms with Crippen LogP contribution in [0.5, 0.6) is 0 Å². The molecule has 0 aromatic heterocycles. The highest BCUT2D eigenvalue weighted by Crippen LogP contribution is 2.06. The summed E-state index contributed by atoms with van der Waals surface area (Å²) < 4.78 is 0. The third-order valence-electron chi connectivity index (χ3n) is 1.62. The van der Waals surface area contributed by atoms with Gasteiger partial charge in [-0.15, -0.1) is 4.91 Å². The van der Waals surface area contributed by atoms with Gasteiger partial charge in [0.2, 0.25) is 0 Å². The van der Waals surface area contributed by atoms with Gasteiger partial charge in [0.05, 0.1) is 6.54 Å². The molecule has 1 amide bonds. The van der Waals surface area contributed by atoms with Crippen molar-refractivity contribution >= 4 is 5.91 Å². The Hall–Kier alpha value is -2.11. The number of nitrogens with zero attached hydrogens (tertiary/aromatic N) is 3. The van der Waals surface area contributed by atoms with E-state index in [2.05, 4.69) is 15.5 Å². The summed E-state index contributed by atoms with van der Waals surface area (Å²) in [5, 5.41) is 8.96. The van der Waals surface area contributed by atoms with E-state index in [0.717, 1.165) is 5.56 Å². The topological polar surface area (TPSA) is 97.2 Å². The van der Waals surface area contributed by atoms with Gasteiger partial charge < -0.3 is 5.84 Å². The molecule has 0 atom stereocenters. The molecule has 0 heterocycles. The van der Waals surface area contributed by atoms with Crippen LogP contribution in [0, 0.1) is 4.91 Å². The van der Waals surface area contributed by atoms with Crippen molar-refractivity contribution in [2.75, 3.05) is 0 Å². The molecular weight excluding hydrogens is 184 g/mol. The van der Waals surface area contributed by atoms with Crippen LogP contribution in [0.15, 0.2) is 39.8 Å². The van der Waals surface area contributed by atoms with Crippen LogP contribution in [0.1, 0.15) is 15.9 Å². The van der Waals surface area contributed by atoms with Gasteiger partial charge in [0.25, 0.3) is 0 Å². The fourth-order valence-corrected chi connectivity index (χ4v) is 0.928. The highest BCUT2D eigenvalue weighted by Gasteiger charge is 2.03. The van der Waals surface area contributed by atoms with Crippen LogP contribution < -0.4 is 5.84 Å². The van der Waals surface area contributed by atoms with E-state index in [4.69, 9.17) is 5.84 Å². The first-order valence-corrected chi connectivity index (χ1v) is 3.81. The minimum Gasteiger partial charge on any atom is -0.305 e. The smallest absolute Gasteiger partial charge is 0.305 e. The zero-order valence-electron chi connectivity index (χ0n) is 7.25. The summed E-state index contributed by atoms with van der Waals surface area (Å²) in [4.78, 5) is 20.7. The summed E-state index contributed by atoms with van der Waals surface area (Å²) in [6.45, 7) is 0.347. The van der Waals surface area contributed by atoms with Gasteiger partial charge in [-0.2, -0.15) is 5.11 Å². The van der Waals surface area contributed by atoms with Gasteiger partial charge in [-0.1, -0.05) is 17.4 Å². The molecule has 0 spiro atoms. The molecule has 0 unspecified atom stereocenters. The number of benzene rings is 1. The lowest BCUT2D eigenvalue weighted by Gasteiger charge is -1.96. The molecule has 1 rings (SSSR count). The normalized spacial score (nSPS) is 10.3. The van der Waals surface area contributed by atoms with Gasteiger partial charge in [0.15, 0.2) is 0 Å². The Morgan fingerprint density at radius 1 is 1.29 bits per heavy atom. The van der Waals surface area contributed by atoms with Gasteiger partial charge in [-0.25, -0.2) is 0 Å². The van der Waals surface area contributed by atoms with E-state index in [1.807, 2.05) is 0 Å². The summed E-state index contributed by atoms with van der Waals surface area (Å²) in [7, 11) is 0. The number of nitrogens with two attached hydrogens (primary N) is 1. The van der Waals surface area contributed by atoms with Gasteiger partial charge >= 0.3 is 5.91 Å². The Labute approximate surface area is 79.8 Å². The number of rotatable bonds is 3. The first-order valence-electron chi connectivity index (χ1n) is 3.81. The van der Waals surface area contributed by atoms with E-state index in [1.54, 1.807) is 12.1 Å². The highest BCUT2D eigenvalue weighted by atomic mass is 16.3. The fraction of sp³-hybridized carbons (Fsp3) is 0.125. The van der Waals surface area contributed by atoms with Gasteiger partial charge in [0, 0.05) is 10.7 Å². The number of nitroso groups, excluding NO2 is 1. The summed E-state index contributed by atoms with van der Waals surface area (Å²) in [6, 6.07) is 6.33. The first-order chi connectivity index (χ1) is 6.77. The third kappa shape index (κ3) is 2.44.